The van der Waals surface area contributed by atoms with Gasteiger partial charge in [0, 0.05) is 31.8 Å². The summed E-state index contributed by atoms with van der Waals surface area (Å²) < 4.78 is 11.3. The van der Waals surface area contributed by atoms with Gasteiger partial charge in [0.05, 0.1) is 13.2 Å². The minimum Gasteiger partial charge on any atom is -0.491 e. The van der Waals surface area contributed by atoms with E-state index in [2.05, 4.69) is 54.5 Å². The first-order chi connectivity index (χ1) is 14.1. The van der Waals surface area contributed by atoms with Crippen molar-refractivity contribution in [1.29, 1.82) is 0 Å². The lowest BCUT2D eigenvalue weighted by Crippen LogP contribution is -2.41. The molecule has 0 aromatic heterocycles. The summed E-state index contributed by atoms with van der Waals surface area (Å²) in [6.07, 6.45) is 2.69. The molecular formula is C23H41IN4O2. The molecule has 0 amide bonds. The maximum absolute atomic E-state index is 5.94. The number of nitrogens with zero attached hydrogens (tertiary/aromatic N) is 2. The molecule has 0 bridgehead atoms. The van der Waals surface area contributed by atoms with Crippen molar-refractivity contribution in [3.63, 3.8) is 0 Å². The van der Waals surface area contributed by atoms with Crippen LogP contribution in [0.5, 0.6) is 5.75 Å². The Labute approximate surface area is 200 Å². The number of aryl methyl sites for hydroxylation is 1. The van der Waals surface area contributed by atoms with Gasteiger partial charge in [-0.3, -0.25) is 0 Å². The third-order valence-corrected chi connectivity index (χ3v) is 5.05. The number of nitrogens with one attached hydrogen (secondary N) is 2. The second-order valence-corrected chi connectivity index (χ2v) is 7.85. The van der Waals surface area contributed by atoms with Gasteiger partial charge in [-0.1, -0.05) is 19.1 Å². The third kappa shape index (κ3) is 10.3. The predicted octanol–water partition coefficient (Wildman–Crippen LogP) is 3.82. The van der Waals surface area contributed by atoms with Crippen LogP contribution in [0.2, 0.25) is 0 Å². The fourth-order valence-corrected chi connectivity index (χ4v) is 3.53. The SMILES string of the molecule is CCNC(=NCc1ccc(C)cc1OCCOCC)NCC(C)CN1CCCC1.I. The van der Waals surface area contributed by atoms with E-state index in [1.807, 2.05) is 6.92 Å². The molecule has 1 atom stereocenters. The highest BCUT2D eigenvalue weighted by Gasteiger charge is 2.14. The Morgan fingerprint density at radius 2 is 1.93 bits per heavy atom. The van der Waals surface area contributed by atoms with Gasteiger partial charge in [0.1, 0.15) is 12.4 Å². The molecule has 6 nitrogen and oxygen atoms in total. The van der Waals surface area contributed by atoms with Crippen molar-refractivity contribution in [2.24, 2.45) is 10.9 Å². The Kier molecular flexibility index (Phi) is 14.1. The quantitative estimate of drug-likeness (QED) is 0.186. The highest BCUT2D eigenvalue weighted by Crippen LogP contribution is 2.21. The largest absolute Gasteiger partial charge is 0.491 e. The molecule has 1 heterocycles. The maximum Gasteiger partial charge on any atom is 0.191 e. The Morgan fingerprint density at radius 3 is 2.63 bits per heavy atom. The van der Waals surface area contributed by atoms with Crippen molar-refractivity contribution in [3.8, 4) is 5.75 Å². The molecule has 7 heteroatoms. The monoisotopic (exact) mass is 532 g/mol. The molecule has 1 unspecified atom stereocenters. The van der Waals surface area contributed by atoms with Crippen LogP contribution in [-0.4, -0.2) is 63.4 Å². The topological polar surface area (TPSA) is 58.1 Å². The zero-order chi connectivity index (χ0) is 20.9. The van der Waals surface area contributed by atoms with E-state index in [9.17, 15) is 0 Å². The number of benzene rings is 1. The first kappa shape index (κ1) is 27.0. The third-order valence-electron chi connectivity index (χ3n) is 5.05. The molecule has 0 aliphatic carbocycles. The number of halogens is 1. The van der Waals surface area contributed by atoms with Crippen molar-refractivity contribution in [2.45, 2.75) is 47.1 Å². The van der Waals surface area contributed by atoms with Crippen LogP contribution in [0.4, 0.5) is 0 Å². The number of aliphatic imine (C=N–C) groups is 1. The van der Waals surface area contributed by atoms with Gasteiger partial charge in [-0.2, -0.15) is 0 Å². The summed E-state index contributed by atoms with van der Waals surface area (Å²) in [4.78, 5) is 7.36. The van der Waals surface area contributed by atoms with E-state index in [-0.39, 0.29) is 24.0 Å². The molecule has 1 aliphatic rings. The van der Waals surface area contributed by atoms with Gasteiger partial charge in [0.25, 0.3) is 0 Å². The summed E-state index contributed by atoms with van der Waals surface area (Å²) in [6, 6.07) is 6.29. The van der Waals surface area contributed by atoms with Crippen molar-refractivity contribution in [3.05, 3.63) is 29.3 Å². The number of hydrogen-bond donors (Lipinski definition) is 2. The molecular weight excluding hydrogens is 491 g/mol. The second kappa shape index (κ2) is 15.7. The van der Waals surface area contributed by atoms with Gasteiger partial charge in [-0.25, -0.2) is 4.99 Å². The average molecular weight is 533 g/mol. The smallest absolute Gasteiger partial charge is 0.191 e. The van der Waals surface area contributed by atoms with E-state index in [1.165, 1.54) is 31.5 Å². The molecule has 0 spiro atoms. The minimum absolute atomic E-state index is 0. The molecule has 1 aliphatic heterocycles. The zero-order valence-corrected chi connectivity index (χ0v) is 21.5. The summed E-state index contributed by atoms with van der Waals surface area (Å²) in [5.74, 6) is 2.35. The van der Waals surface area contributed by atoms with Crippen LogP contribution >= 0.6 is 24.0 Å². The average Bonchev–Trinajstić information content (AvgIpc) is 3.21. The van der Waals surface area contributed by atoms with E-state index in [4.69, 9.17) is 14.5 Å². The van der Waals surface area contributed by atoms with E-state index >= 15 is 0 Å². The number of likely N-dealkylation sites (tertiary alicyclic amines) is 1. The zero-order valence-electron chi connectivity index (χ0n) is 19.2. The van der Waals surface area contributed by atoms with Crippen LogP contribution in [0, 0.1) is 12.8 Å². The fourth-order valence-electron chi connectivity index (χ4n) is 3.53. The molecule has 172 valence electrons. The first-order valence-corrected chi connectivity index (χ1v) is 11.2. The molecule has 2 rings (SSSR count). The van der Waals surface area contributed by atoms with Crippen molar-refractivity contribution in [1.82, 2.24) is 15.5 Å². The van der Waals surface area contributed by atoms with Gasteiger partial charge < -0.3 is 25.0 Å². The van der Waals surface area contributed by atoms with Crippen LogP contribution in [0.1, 0.15) is 44.7 Å². The minimum atomic E-state index is 0. The molecule has 1 fully saturated rings. The van der Waals surface area contributed by atoms with Gasteiger partial charge in [-0.15, -0.1) is 24.0 Å². The van der Waals surface area contributed by atoms with Crippen LogP contribution in [0.25, 0.3) is 0 Å². The summed E-state index contributed by atoms with van der Waals surface area (Å²) >= 11 is 0. The normalized spacial score (nSPS) is 15.5. The number of hydrogen-bond acceptors (Lipinski definition) is 4. The van der Waals surface area contributed by atoms with Gasteiger partial charge >= 0.3 is 0 Å². The molecule has 0 saturated carbocycles. The van der Waals surface area contributed by atoms with E-state index < -0.39 is 0 Å². The van der Waals surface area contributed by atoms with Gasteiger partial charge in [-0.05, 0) is 64.3 Å². The summed E-state index contributed by atoms with van der Waals surface area (Å²) in [5.41, 5.74) is 2.28. The molecule has 1 aromatic carbocycles. The lowest BCUT2D eigenvalue weighted by atomic mass is 10.1. The molecule has 1 saturated heterocycles. The predicted molar refractivity (Wildman–Crippen MR) is 136 cm³/mol. The maximum atomic E-state index is 5.94. The van der Waals surface area contributed by atoms with Crippen LogP contribution in [-0.2, 0) is 11.3 Å². The molecule has 30 heavy (non-hydrogen) atoms. The van der Waals surface area contributed by atoms with E-state index in [1.54, 1.807) is 0 Å². The Balaban J connectivity index is 0.00000450. The van der Waals surface area contributed by atoms with Crippen molar-refractivity contribution < 1.29 is 9.47 Å². The Morgan fingerprint density at radius 1 is 1.17 bits per heavy atom. The standard InChI is InChI=1S/C23H40N4O2.HI/c1-5-24-23(25-16-20(4)18-27-11-7-8-12-27)26-17-21-10-9-19(3)15-22(21)29-14-13-28-6-2;/h9-10,15,20H,5-8,11-14,16-18H2,1-4H3,(H2,24,25,26);1H. The number of guanidine groups is 1. The van der Waals surface area contributed by atoms with Crippen LogP contribution in [0.15, 0.2) is 23.2 Å². The summed E-state index contributed by atoms with van der Waals surface area (Å²) in [7, 11) is 0. The summed E-state index contributed by atoms with van der Waals surface area (Å²) in [5, 5.41) is 6.86. The number of rotatable bonds is 12. The van der Waals surface area contributed by atoms with Crippen LogP contribution in [0.3, 0.4) is 0 Å². The molecule has 2 N–H and O–H groups in total. The van der Waals surface area contributed by atoms with Gasteiger partial charge in [0.15, 0.2) is 5.96 Å². The lowest BCUT2D eigenvalue weighted by Gasteiger charge is -2.21. The van der Waals surface area contributed by atoms with E-state index in [0.29, 0.717) is 32.3 Å². The fraction of sp³-hybridized carbons (Fsp3) is 0.696. The highest BCUT2D eigenvalue weighted by atomic mass is 127. The second-order valence-electron chi connectivity index (χ2n) is 7.85. The highest BCUT2D eigenvalue weighted by molar-refractivity contribution is 14.0. The van der Waals surface area contributed by atoms with Crippen molar-refractivity contribution >= 4 is 29.9 Å². The lowest BCUT2D eigenvalue weighted by molar-refractivity contribution is 0.110. The Bertz CT molecular complexity index is 621. The van der Waals surface area contributed by atoms with Crippen LogP contribution < -0.4 is 15.4 Å². The van der Waals surface area contributed by atoms with E-state index in [0.717, 1.165) is 36.9 Å². The van der Waals surface area contributed by atoms with Gasteiger partial charge in [0.2, 0.25) is 0 Å². The van der Waals surface area contributed by atoms with Crippen molar-refractivity contribution in [2.75, 3.05) is 52.5 Å². The number of ether oxygens (including phenoxy) is 2. The first-order valence-electron chi connectivity index (χ1n) is 11.2. The molecule has 0 radical (unpaired) electrons. The summed E-state index contributed by atoms with van der Waals surface area (Å²) in [6.45, 7) is 16.3. The molecule has 1 aromatic rings. The Hall–Kier alpha value is -1.06.